The molecule has 2 rings (SSSR count). The predicted octanol–water partition coefficient (Wildman–Crippen LogP) is 1.50. The first kappa shape index (κ1) is 15.3. The molecule has 0 aromatic heterocycles. The van der Waals surface area contributed by atoms with Gasteiger partial charge in [-0.2, -0.15) is 0 Å². The highest BCUT2D eigenvalue weighted by Crippen LogP contribution is 2.15. The van der Waals surface area contributed by atoms with Crippen LogP contribution in [-0.2, 0) is 10.0 Å². The van der Waals surface area contributed by atoms with Crippen molar-refractivity contribution in [2.75, 3.05) is 25.4 Å². The van der Waals surface area contributed by atoms with Crippen LogP contribution in [0.2, 0.25) is 5.02 Å². The Labute approximate surface area is 124 Å². The zero-order valence-corrected chi connectivity index (χ0v) is 12.6. The van der Waals surface area contributed by atoms with E-state index < -0.39 is 10.0 Å². The minimum atomic E-state index is -3.26. The number of nitrogens with zero attached hydrogens (tertiary/aromatic N) is 1. The largest absolute Gasteiger partial charge is 0.351 e. The topological polar surface area (TPSA) is 66.5 Å². The smallest absolute Gasteiger partial charge is 0.252 e. The average molecular weight is 317 g/mol. The zero-order valence-electron chi connectivity index (χ0n) is 11.0. The van der Waals surface area contributed by atoms with Gasteiger partial charge >= 0.3 is 0 Å². The second-order valence-corrected chi connectivity index (χ2v) is 7.15. The van der Waals surface area contributed by atoms with E-state index in [0.29, 0.717) is 23.7 Å². The molecule has 1 aromatic rings. The lowest BCUT2D eigenvalue weighted by Gasteiger charge is -2.15. The maximum Gasteiger partial charge on any atom is 0.252 e. The number of benzene rings is 1. The second-order valence-electron chi connectivity index (χ2n) is 4.66. The van der Waals surface area contributed by atoms with Crippen molar-refractivity contribution in [2.24, 2.45) is 0 Å². The van der Waals surface area contributed by atoms with E-state index in [9.17, 15) is 13.2 Å². The Morgan fingerprint density at radius 2 is 1.90 bits per heavy atom. The van der Waals surface area contributed by atoms with Gasteiger partial charge in [0.1, 0.15) is 0 Å². The molecule has 1 aliphatic heterocycles. The van der Waals surface area contributed by atoms with Crippen molar-refractivity contribution in [2.45, 2.75) is 12.8 Å². The molecule has 1 aromatic carbocycles. The molecule has 5 nitrogen and oxygen atoms in total. The van der Waals surface area contributed by atoms with E-state index >= 15 is 0 Å². The summed E-state index contributed by atoms with van der Waals surface area (Å²) in [5, 5.41) is 2.94. The number of hydrogen-bond donors (Lipinski definition) is 1. The Bertz CT molecular complexity index is 583. The van der Waals surface area contributed by atoms with Crippen molar-refractivity contribution >= 4 is 27.5 Å². The molecule has 0 aliphatic carbocycles. The van der Waals surface area contributed by atoms with Gasteiger partial charge in [-0.15, -0.1) is 0 Å². The van der Waals surface area contributed by atoms with Crippen LogP contribution in [0.15, 0.2) is 24.3 Å². The Morgan fingerprint density at radius 1 is 1.25 bits per heavy atom. The summed E-state index contributed by atoms with van der Waals surface area (Å²) in [7, 11) is -3.26. The van der Waals surface area contributed by atoms with Gasteiger partial charge in [0.2, 0.25) is 10.0 Å². The molecular weight excluding hydrogens is 300 g/mol. The number of nitrogens with one attached hydrogen (secondary N) is 1. The third kappa shape index (κ3) is 3.71. The minimum absolute atomic E-state index is 0.0802. The lowest BCUT2D eigenvalue weighted by molar-refractivity contribution is 0.0956. The molecule has 0 unspecified atom stereocenters. The standard InChI is InChI=1S/C13H17ClN2O3S/c14-12-6-2-1-5-11(12)13(17)15-7-10-20(18,19)16-8-3-4-9-16/h1-2,5-6H,3-4,7-10H2,(H,15,17). The number of hydrogen-bond acceptors (Lipinski definition) is 3. The SMILES string of the molecule is O=C(NCCS(=O)(=O)N1CCCC1)c1ccccc1Cl. The summed E-state index contributed by atoms with van der Waals surface area (Å²) in [4.78, 5) is 11.9. The number of amides is 1. The maximum atomic E-state index is 12.0. The number of sulfonamides is 1. The summed E-state index contributed by atoms with van der Waals surface area (Å²) >= 11 is 5.90. The van der Waals surface area contributed by atoms with Crippen LogP contribution in [-0.4, -0.2) is 44.0 Å². The molecule has 1 aliphatic rings. The van der Waals surface area contributed by atoms with E-state index in [1.165, 1.54) is 4.31 Å². The lowest BCUT2D eigenvalue weighted by atomic mass is 10.2. The Balaban J connectivity index is 1.87. The van der Waals surface area contributed by atoms with E-state index in [4.69, 9.17) is 11.6 Å². The van der Waals surface area contributed by atoms with Crippen LogP contribution in [0.25, 0.3) is 0 Å². The normalized spacial score (nSPS) is 16.2. The van der Waals surface area contributed by atoms with E-state index in [1.807, 2.05) is 0 Å². The van der Waals surface area contributed by atoms with Crippen LogP contribution < -0.4 is 5.32 Å². The van der Waals surface area contributed by atoms with Gasteiger partial charge in [0.25, 0.3) is 5.91 Å². The second kappa shape index (κ2) is 6.56. The molecule has 0 spiro atoms. The summed E-state index contributed by atoms with van der Waals surface area (Å²) in [6, 6.07) is 6.67. The molecule has 7 heteroatoms. The summed E-state index contributed by atoms with van der Waals surface area (Å²) in [6.45, 7) is 1.25. The predicted molar refractivity (Wildman–Crippen MR) is 78.4 cm³/mol. The summed E-state index contributed by atoms with van der Waals surface area (Å²) in [5.74, 6) is -0.435. The van der Waals surface area contributed by atoms with Gasteiger partial charge in [-0.3, -0.25) is 4.79 Å². The van der Waals surface area contributed by atoms with Crippen LogP contribution in [0.5, 0.6) is 0 Å². The fourth-order valence-electron chi connectivity index (χ4n) is 2.13. The van der Waals surface area contributed by atoms with Crippen molar-refractivity contribution in [1.82, 2.24) is 9.62 Å². The van der Waals surface area contributed by atoms with Crippen LogP contribution >= 0.6 is 11.6 Å². The highest BCUT2D eigenvalue weighted by Gasteiger charge is 2.24. The van der Waals surface area contributed by atoms with Crippen LogP contribution in [0.3, 0.4) is 0 Å². The Morgan fingerprint density at radius 3 is 2.55 bits per heavy atom. The first-order chi connectivity index (χ1) is 9.50. The molecule has 1 amide bonds. The van der Waals surface area contributed by atoms with Gasteiger partial charge in [-0.05, 0) is 25.0 Å². The number of halogens is 1. The van der Waals surface area contributed by atoms with Crippen molar-refractivity contribution in [3.05, 3.63) is 34.9 Å². The average Bonchev–Trinajstić information content (AvgIpc) is 2.93. The molecule has 1 N–H and O–H groups in total. The highest BCUT2D eigenvalue weighted by molar-refractivity contribution is 7.89. The van der Waals surface area contributed by atoms with Crippen molar-refractivity contribution < 1.29 is 13.2 Å². The summed E-state index contributed by atoms with van der Waals surface area (Å²) in [5.41, 5.74) is 0.354. The fraction of sp³-hybridized carbons (Fsp3) is 0.462. The number of rotatable bonds is 5. The molecule has 1 fully saturated rings. The molecule has 20 heavy (non-hydrogen) atoms. The van der Waals surface area contributed by atoms with E-state index in [-0.39, 0.29) is 18.2 Å². The van der Waals surface area contributed by atoms with E-state index in [1.54, 1.807) is 24.3 Å². The quantitative estimate of drug-likeness (QED) is 0.895. The molecule has 1 heterocycles. The molecule has 0 bridgehead atoms. The van der Waals surface area contributed by atoms with E-state index in [2.05, 4.69) is 5.32 Å². The highest BCUT2D eigenvalue weighted by atomic mass is 35.5. The number of carbonyl (C=O) groups excluding carboxylic acids is 1. The van der Waals surface area contributed by atoms with Gasteiger partial charge in [0.05, 0.1) is 16.3 Å². The minimum Gasteiger partial charge on any atom is -0.351 e. The first-order valence-electron chi connectivity index (χ1n) is 6.51. The van der Waals surface area contributed by atoms with Crippen molar-refractivity contribution in [1.29, 1.82) is 0 Å². The maximum absolute atomic E-state index is 12.0. The van der Waals surface area contributed by atoms with Crippen LogP contribution in [0.4, 0.5) is 0 Å². The van der Waals surface area contributed by atoms with Crippen LogP contribution in [0.1, 0.15) is 23.2 Å². The molecule has 1 saturated heterocycles. The molecule has 0 radical (unpaired) electrons. The van der Waals surface area contributed by atoms with Gasteiger partial charge in [0.15, 0.2) is 0 Å². The fourth-order valence-corrected chi connectivity index (χ4v) is 3.78. The molecule has 0 atom stereocenters. The first-order valence-corrected chi connectivity index (χ1v) is 8.50. The lowest BCUT2D eigenvalue weighted by Crippen LogP contribution is -2.36. The Hall–Kier alpha value is -1.11. The summed E-state index contributed by atoms with van der Waals surface area (Å²) < 4.78 is 25.4. The van der Waals surface area contributed by atoms with Gasteiger partial charge in [-0.1, -0.05) is 23.7 Å². The van der Waals surface area contributed by atoms with Crippen molar-refractivity contribution in [3.8, 4) is 0 Å². The third-order valence-electron chi connectivity index (χ3n) is 3.22. The zero-order chi connectivity index (χ0) is 14.6. The van der Waals surface area contributed by atoms with Crippen molar-refractivity contribution in [3.63, 3.8) is 0 Å². The molecule has 0 saturated carbocycles. The monoisotopic (exact) mass is 316 g/mol. The molecule has 110 valence electrons. The van der Waals surface area contributed by atoms with E-state index in [0.717, 1.165) is 12.8 Å². The number of carbonyl (C=O) groups is 1. The molecular formula is C13H17ClN2O3S. The van der Waals surface area contributed by atoms with Crippen LogP contribution in [0, 0.1) is 0 Å². The summed E-state index contributed by atoms with van der Waals surface area (Å²) in [6.07, 6.45) is 1.82. The van der Waals surface area contributed by atoms with Gasteiger partial charge in [0, 0.05) is 19.6 Å². The Kier molecular flexibility index (Phi) is 5.01. The third-order valence-corrected chi connectivity index (χ3v) is 5.42. The van der Waals surface area contributed by atoms with Gasteiger partial charge in [-0.25, -0.2) is 12.7 Å². The van der Waals surface area contributed by atoms with Gasteiger partial charge < -0.3 is 5.32 Å².